The van der Waals surface area contributed by atoms with Crippen LogP contribution in [0.1, 0.15) is 23.2 Å². The summed E-state index contributed by atoms with van der Waals surface area (Å²) in [5.41, 5.74) is 6.76. The number of hydrogen-bond acceptors (Lipinski definition) is 3. The van der Waals surface area contributed by atoms with E-state index in [2.05, 4.69) is 21.2 Å². The molecule has 4 N–H and O–H groups in total. The normalized spacial score (nSPS) is 22.9. The van der Waals surface area contributed by atoms with E-state index < -0.39 is 0 Å². The van der Waals surface area contributed by atoms with Crippen molar-refractivity contribution in [2.24, 2.45) is 5.92 Å². The number of hydrogen-bond donors (Lipinski definition) is 3. The monoisotopic (exact) mass is 298 g/mol. The topological polar surface area (TPSA) is 75.4 Å². The third kappa shape index (κ3) is 2.98. The minimum atomic E-state index is -0.184. The highest BCUT2D eigenvalue weighted by molar-refractivity contribution is 9.10. The summed E-state index contributed by atoms with van der Waals surface area (Å²) in [5.74, 6) is 0.263. The molecule has 1 aliphatic rings. The molecule has 0 bridgehead atoms. The Bertz CT molecular complexity index is 431. The number of carbonyl (C=O) groups is 1. The van der Waals surface area contributed by atoms with E-state index in [0.29, 0.717) is 23.7 Å². The van der Waals surface area contributed by atoms with Gasteiger partial charge in [-0.25, -0.2) is 0 Å². The number of nitrogen functional groups attached to an aromatic ring is 1. The Kier molecular flexibility index (Phi) is 3.69. The smallest absolute Gasteiger partial charge is 0.252 e. The predicted molar refractivity (Wildman–Crippen MR) is 69.6 cm³/mol. The van der Waals surface area contributed by atoms with Gasteiger partial charge in [-0.15, -0.1) is 0 Å². The van der Waals surface area contributed by atoms with Gasteiger partial charge in [0.1, 0.15) is 0 Å². The van der Waals surface area contributed by atoms with E-state index in [-0.39, 0.29) is 12.0 Å². The molecule has 1 amide bonds. The summed E-state index contributed by atoms with van der Waals surface area (Å²) in [7, 11) is 0. The number of aliphatic hydroxyl groups is 1. The van der Waals surface area contributed by atoms with Crippen LogP contribution < -0.4 is 11.1 Å². The van der Waals surface area contributed by atoms with E-state index in [9.17, 15) is 4.79 Å². The van der Waals surface area contributed by atoms with Gasteiger partial charge in [0.2, 0.25) is 0 Å². The first-order valence-corrected chi connectivity index (χ1v) is 6.37. The van der Waals surface area contributed by atoms with Crippen LogP contribution in [0.5, 0.6) is 0 Å². The van der Waals surface area contributed by atoms with Crippen LogP contribution in [0.15, 0.2) is 22.7 Å². The molecule has 1 aromatic rings. The Morgan fingerprint density at radius 3 is 2.88 bits per heavy atom. The zero-order valence-corrected chi connectivity index (χ0v) is 10.9. The number of rotatable bonds is 3. The van der Waals surface area contributed by atoms with E-state index in [1.165, 1.54) is 0 Å². The lowest BCUT2D eigenvalue weighted by molar-refractivity contribution is 0.0420. The van der Waals surface area contributed by atoms with Crippen LogP contribution in [-0.2, 0) is 0 Å². The summed E-state index contributed by atoms with van der Waals surface area (Å²) in [6.07, 6.45) is 1.37. The molecular weight excluding hydrogens is 284 g/mol. The number of halogens is 1. The molecule has 1 fully saturated rings. The van der Waals surface area contributed by atoms with Crippen LogP contribution in [0.4, 0.5) is 5.69 Å². The molecule has 0 radical (unpaired) electrons. The summed E-state index contributed by atoms with van der Waals surface area (Å²) in [5, 5.41) is 12.0. The summed E-state index contributed by atoms with van der Waals surface area (Å²) in [4.78, 5) is 11.9. The van der Waals surface area contributed by atoms with Gasteiger partial charge < -0.3 is 16.2 Å². The lowest BCUT2D eigenvalue weighted by Gasteiger charge is -2.31. The summed E-state index contributed by atoms with van der Waals surface area (Å²) >= 11 is 3.32. The van der Waals surface area contributed by atoms with Crippen molar-refractivity contribution in [3.63, 3.8) is 0 Å². The van der Waals surface area contributed by atoms with Crippen molar-refractivity contribution in [3.8, 4) is 0 Å². The molecule has 1 aromatic carbocycles. The first-order valence-electron chi connectivity index (χ1n) is 5.57. The van der Waals surface area contributed by atoms with Crippen molar-refractivity contribution in [1.82, 2.24) is 5.32 Å². The van der Waals surface area contributed by atoms with Crippen molar-refractivity contribution >= 4 is 27.5 Å². The molecule has 0 spiro atoms. The molecule has 1 saturated carbocycles. The molecule has 1 aliphatic carbocycles. The fourth-order valence-electron chi connectivity index (χ4n) is 1.92. The Labute approximate surface area is 108 Å². The minimum absolute atomic E-state index is 0.134. The minimum Gasteiger partial charge on any atom is -0.399 e. The number of amides is 1. The lowest BCUT2D eigenvalue weighted by Crippen LogP contribution is -2.38. The van der Waals surface area contributed by atoms with Gasteiger partial charge in [0, 0.05) is 16.7 Å². The van der Waals surface area contributed by atoms with Crippen LogP contribution in [0, 0.1) is 5.92 Å². The number of benzene rings is 1. The quantitative estimate of drug-likeness (QED) is 0.741. The molecule has 5 heteroatoms. The van der Waals surface area contributed by atoms with Crippen LogP contribution >= 0.6 is 15.9 Å². The van der Waals surface area contributed by atoms with E-state index in [1.54, 1.807) is 18.2 Å². The van der Waals surface area contributed by atoms with Gasteiger partial charge in [-0.3, -0.25) is 4.79 Å². The van der Waals surface area contributed by atoms with Gasteiger partial charge in [-0.1, -0.05) is 0 Å². The van der Waals surface area contributed by atoms with Crippen molar-refractivity contribution in [3.05, 3.63) is 28.2 Å². The van der Waals surface area contributed by atoms with E-state index in [0.717, 1.165) is 17.3 Å². The second-order valence-electron chi connectivity index (χ2n) is 4.44. The fourth-order valence-corrected chi connectivity index (χ4v) is 2.34. The Balaban J connectivity index is 1.92. The first-order chi connectivity index (χ1) is 8.06. The van der Waals surface area contributed by atoms with Gasteiger partial charge in [-0.05, 0) is 52.9 Å². The van der Waals surface area contributed by atoms with Crippen LogP contribution in [0.25, 0.3) is 0 Å². The molecule has 0 aromatic heterocycles. The van der Waals surface area contributed by atoms with Gasteiger partial charge in [0.15, 0.2) is 0 Å². The molecule has 4 nitrogen and oxygen atoms in total. The number of anilines is 1. The van der Waals surface area contributed by atoms with Crippen LogP contribution in [0.3, 0.4) is 0 Å². The SMILES string of the molecule is Nc1ccc(Br)c(C(=O)NCC2CC(O)C2)c1. The molecule has 0 heterocycles. The van der Waals surface area contributed by atoms with Crippen molar-refractivity contribution in [1.29, 1.82) is 0 Å². The summed E-state index contributed by atoms with van der Waals surface area (Å²) in [6, 6.07) is 5.15. The van der Waals surface area contributed by atoms with E-state index >= 15 is 0 Å². The van der Waals surface area contributed by atoms with Crippen LogP contribution in [0.2, 0.25) is 0 Å². The van der Waals surface area contributed by atoms with E-state index in [1.807, 2.05) is 0 Å². The summed E-state index contributed by atoms with van der Waals surface area (Å²) in [6.45, 7) is 0.608. The third-order valence-corrected chi connectivity index (χ3v) is 3.69. The van der Waals surface area contributed by atoms with Gasteiger partial charge in [-0.2, -0.15) is 0 Å². The average molecular weight is 299 g/mol. The first kappa shape index (κ1) is 12.4. The molecular formula is C12H15BrN2O2. The number of nitrogens with one attached hydrogen (secondary N) is 1. The molecule has 0 unspecified atom stereocenters. The summed E-state index contributed by atoms with van der Waals surface area (Å²) < 4.78 is 0.734. The third-order valence-electron chi connectivity index (χ3n) is 3.00. The molecule has 0 atom stereocenters. The molecule has 2 rings (SSSR count). The molecule has 0 aliphatic heterocycles. The molecule has 0 saturated heterocycles. The Morgan fingerprint density at radius 1 is 1.53 bits per heavy atom. The zero-order valence-electron chi connectivity index (χ0n) is 9.32. The molecule has 17 heavy (non-hydrogen) atoms. The Morgan fingerprint density at radius 2 is 2.24 bits per heavy atom. The average Bonchev–Trinajstić information content (AvgIpc) is 2.26. The second kappa shape index (κ2) is 5.06. The van der Waals surface area contributed by atoms with Crippen molar-refractivity contribution in [2.75, 3.05) is 12.3 Å². The maximum atomic E-state index is 11.9. The van der Waals surface area contributed by atoms with Crippen LogP contribution in [-0.4, -0.2) is 23.7 Å². The number of nitrogens with two attached hydrogens (primary N) is 1. The fraction of sp³-hybridized carbons (Fsp3) is 0.417. The predicted octanol–water partition coefficient (Wildman–Crippen LogP) is 1.53. The highest BCUT2D eigenvalue weighted by Crippen LogP contribution is 2.26. The Hall–Kier alpha value is -1.07. The maximum absolute atomic E-state index is 11.9. The van der Waals surface area contributed by atoms with E-state index in [4.69, 9.17) is 10.8 Å². The molecule has 92 valence electrons. The maximum Gasteiger partial charge on any atom is 0.252 e. The standard InChI is InChI=1S/C12H15BrN2O2/c13-11-2-1-8(14)5-10(11)12(17)15-6-7-3-9(16)4-7/h1-2,5,7,9,16H,3-4,6,14H2,(H,15,17). The highest BCUT2D eigenvalue weighted by Gasteiger charge is 2.27. The number of aliphatic hydroxyl groups excluding tert-OH is 1. The van der Waals surface area contributed by atoms with Crippen molar-refractivity contribution in [2.45, 2.75) is 18.9 Å². The highest BCUT2D eigenvalue weighted by atomic mass is 79.9. The largest absolute Gasteiger partial charge is 0.399 e. The second-order valence-corrected chi connectivity index (χ2v) is 5.29. The van der Waals surface area contributed by atoms with Gasteiger partial charge in [0.25, 0.3) is 5.91 Å². The lowest BCUT2D eigenvalue weighted by atomic mass is 9.82. The van der Waals surface area contributed by atoms with Gasteiger partial charge >= 0.3 is 0 Å². The van der Waals surface area contributed by atoms with Crippen molar-refractivity contribution < 1.29 is 9.90 Å². The zero-order chi connectivity index (χ0) is 12.4. The number of carbonyl (C=O) groups excluding carboxylic acids is 1. The van der Waals surface area contributed by atoms with Gasteiger partial charge in [0.05, 0.1) is 11.7 Å².